The van der Waals surface area contributed by atoms with E-state index in [4.69, 9.17) is 0 Å². The number of nitrogens with one attached hydrogen (secondary N) is 1. The normalized spacial score (nSPS) is 17.8. The Balaban J connectivity index is 2.12. The molecular weight excluding hydrogens is 232 g/mol. The van der Waals surface area contributed by atoms with Gasteiger partial charge in [-0.05, 0) is 44.2 Å². The average Bonchev–Trinajstić information content (AvgIpc) is 2.34. The summed E-state index contributed by atoms with van der Waals surface area (Å²) in [6.45, 7) is 14.3. The minimum absolute atomic E-state index is 0.782. The highest BCUT2D eigenvalue weighted by atomic mass is 15.1. The monoisotopic (exact) mass is 268 g/mol. The molecule has 0 amide bonds. The molecule has 1 rings (SSSR count). The predicted molar refractivity (Wildman–Crippen MR) is 85.6 cm³/mol. The smallest absolute Gasteiger partial charge is 0.00670 e. The molecule has 0 aliphatic heterocycles. The summed E-state index contributed by atoms with van der Waals surface area (Å²) in [6.07, 6.45) is 8.43. The van der Waals surface area contributed by atoms with Crippen LogP contribution >= 0.6 is 0 Å². The largest absolute Gasteiger partial charge is 0.314 e. The molecule has 0 saturated heterocycles. The van der Waals surface area contributed by atoms with E-state index < -0.39 is 0 Å². The Hall–Kier alpha value is -0.0800. The van der Waals surface area contributed by atoms with Gasteiger partial charge < -0.3 is 10.2 Å². The van der Waals surface area contributed by atoms with Crippen LogP contribution in [0.2, 0.25) is 0 Å². The third-order valence-electron chi connectivity index (χ3n) is 3.94. The lowest BCUT2D eigenvalue weighted by Gasteiger charge is -2.27. The molecule has 0 aromatic heterocycles. The van der Waals surface area contributed by atoms with Crippen molar-refractivity contribution in [3.05, 3.63) is 0 Å². The third-order valence-corrected chi connectivity index (χ3v) is 3.94. The number of nitrogens with zero attached hydrogens (tertiary/aromatic N) is 1. The summed E-state index contributed by atoms with van der Waals surface area (Å²) in [6, 6.07) is 0.817. The number of rotatable bonds is 9. The lowest BCUT2D eigenvalue weighted by Crippen LogP contribution is -2.36. The molecule has 0 unspecified atom stereocenters. The SMILES string of the molecule is CC(C)CN(CCCNC1CCCCC1)CC(C)C. The van der Waals surface area contributed by atoms with E-state index in [1.54, 1.807) is 0 Å². The topological polar surface area (TPSA) is 15.3 Å². The molecule has 1 N–H and O–H groups in total. The summed E-state index contributed by atoms with van der Waals surface area (Å²) >= 11 is 0. The summed E-state index contributed by atoms with van der Waals surface area (Å²) in [5, 5.41) is 3.76. The van der Waals surface area contributed by atoms with Gasteiger partial charge in [-0.15, -0.1) is 0 Å². The molecule has 19 heavy (non-hydrogen) atoms. The first-order valence-corrected chi connectivity index (χ1v) is 8.53. The summed E-state index contributed by atoms with van der Waals surface area (Å²) in [4.78, 5) is 2.65. The van der Waals surface area contributed by atoms with E-state index in [2.05, 4.69) is 37.9 Å². The average molecular weight is 268 g/mol. The molecule has 0 aromatic rings. The van der Waals surface area contributed by atoms with Gasteiger partial charge in [0.2, 0.25) is 0 Å². The van der Waals surface area contributed by atoms with Gasteiger partial charge in [-0.2, -0.15) is 0 Å². The lowest BCUT2D eigenvalue weighted by molar-refractivity contribution is 0.214. The van der Waals surface area contributed by atoms with Crippen LogP contribution in [0.25, 0.3) is 0 Å². The van der Waals surface area contributed by atoms with E-state index in [1.807, 2.05) is 0 Å². The van der Waals surface area contributed by atoms with Gasteiger partial charge in [-0.1, -0.05) is 47.0 Å². The molecule has 0 spiro atoms. The van der Waals surface area contributed by atoms with Gasteiger partial charge in [0.25, 0.3) is 0 Å². The number of hydrogen-bond donors (Lipinski definition) is 1. The fraction of sp³-hybridized carbons (Fsp3) is 1.00. The van der Waals surface area contributed by atoms with E-state index in [9.17, 15) is 0 Å². The highest BCUT2D eigenvalue weighted by Crippen LogP contribution is 2.17. The zero-order valence-electron chi connectivity index (χ0n) is 13.8. The van der Waals surface area contributed by atoms with Gasteiger partial charge in [0.05, 0.1) is 0 Å². The van der Waals surface area contributed by atoms with Crippen molar-refractivity contribution in [1.82, 2.24) is 10.2 Å². The first-order chi connectivity index (χ1) is 9.08. The van der Waals surface area contributed by atoms with E-state index in [1.165, 1.54) is 64.7 Å². The zero-order chi connectivity index (χ0) is 14.1. The maximum Gasteiger partial charge on any atom is 0.00670 e. The second-order valence-corrected chi connectivity index (χ2v) is 7.19. The van der Waals surface area contributed by atoms with Gasteiger partial charge in [-0.3, -0.25) is 0 Å². The van der Waals surface area contributed by atoms with Gasteiger partial charge in [-0.25, -0.2) is 0 Å². The minimum Gasteiger partial charge on any atom is -0.314 e. The van der Waals surface area contributed by atoms with Crippen LogP contribution in [0, 0.1) is 11.8 Å². The third kappa shape index (κ3) is 8.65. The molecule has 0 atom stereocenters. The molecule has 0 bridgehead atoms. The van der Waals surface area contributed by atoms with Crippen LogP contribution in [0.1, 0.15) is 66.2 Å². The van der Waals surface area contributed by atoms with Crippen LogP contribution in [-0.2, 0) is 0 Å². The molecular formula is C17H36N2. The van der Waals surface area contributed by atoms with Crippen LogP contribution in [0.5, 0.6) is 0 Å². The first-order valence-electron chi connectivity index (χ1n) is 8.53. The van der Waals surface area contributed by atoms with E-state index >= 15 is 0 Å². The Morgan fingerprint density at radius 1 is 0.947 bits per heavy atom. The fourth-order valence-electron chi connectivity index (χ4n) is 3.21. The molecule has 0 radical (unpaired) electrons. The molecule has 1 fully saturated rings. The first kappa shape index (κ1) is 17.0. The van der Waals surface area contributed by atoms with Gasteiger partial charge >= 0.3 is 0 Å². The predicted octanol–water partition coefficient (Wildman–Crippen LogP) is 3.91. The minimum atomic E-state index is 0.782. The summed E-state index contributed by atoms with van der Waals surface area (Å²) in [5.41, 5.74) is 0. The van der Waals surface area contributed by atoms with E-state index in [0.717, 1.165) is 17.9 Å². The lowest BCUT2D eigenvalue weighted by atomic mass is 9.95. The highest BCUT2D eigenvalue weighted by Gasteiger charge is 2.13. The van der Waals surface area contributed by atoms with Crippen molar-refractivity contribution in [3.63, 3.8) is 0 Å². The summed E-state index contributed by atoms with van der Waals surface area (Å²) in [5.74, 6) is 1.56. The van der Waals surface area contributed by atoms with Crippen LogP contribution in [0.15, 0.2) is 0 Å². The number of hydrogen-bond acceptors (Lipinski definition) is 2. The maximum atomic E-state index is 3.76. The van der Waals surface area contributed by atoms with Gasteiger partial charge in [0.1, 0.15) is 0 Å². The molecule has 1 saturated carbocycles. The van der Waals surface area contributed by atoms with Crippen LogP contribution in [0.4, 0.5) is 0 Å². The summed E-state index contributed by atoms with van der Waals surface area (Å²) in [7, 11) is 0. The second-order valence-electron chi connectivity index (χ2n) is 7.19. The molecule has 1 aliphatic carbocycles. The van der Waals surface area contributed by atoms with Crippen molar-refractivity contribution in [3.8, 4) is 0 Å². The molecule has 1 aliphatic rings. The Bertz CT molecular complexity index is 197. The van der Waals surface area contributed by atoms with Crippen molar-refractivity contribution >= 4 is 0 Å². The van der Waals surface area contributed by atoms with Gasteiger partial charge in [0, 0.05) is 19.1 Å². The molecule has 114 valence electrons. The van der Waals surface area contributed by atoms with Crippen LogP contribution < -0.4 is 5.32 Å². The Labute approximate surface area is 121 Å². The van der Waals surface area contributed by atoms with Gasteiger partial charge in [0.15, 0.2) is 0 Å². The Kier molecular flexibility index (Phi) is 8.72. The van der Waals surface area contributed by atoms with E-state index in [-0.39, 0.29) is 0 Å². The molecule has 0 aromatic carbocycles. The van der Waals surface area contributed by atoms with Crippen LogP contribution in [0.3, 0.4) is 0 Å². The zero-order valence-corrected chi connectivity index (χ0v) is 13.8. The molecule has 2 heteroatoms. The molecule has 2 nitrogen and oxygen atoms in total. The molecule has 0 heterocycles. The van der Waals surface area contributed by atoms with Crippen molar-refractivity contribution < 1.29 is 0 Å². The second kappa shape index (κ2) is 9.77. The Morgan fingerprint density at radius 2 is 1.53 bits per heavy atom. The summed E-state index contributed by atoms with van der Waals surface area (Å²) < 4.78 is 0. The van der Waals surface area contributed by atoms with Crippen molar-refractivity contribution in [2.24, 2.45) is 11.8 Å². The standard InChI is InChI=1S/C17H36N2/c1-15(2)13-19(14-16(3)4)12-8-11-18-17-9-6-5-7-10-17/h15-18H,5-14H2,1-4H3. The highest BCUT2D eigenvalue weighted by molar-refractivity contribution is 4.72. The van der Waals surface area contributed by atoms with Crippen molar-refractivity contribution in [2.45, 2.75) is 72.3 Å². The Morgan fingerprint density at radius 3 is 2.05 bits per heavy atom. The van der Waals surface area contributed by atoms with E-state index in [0.29, 0.717) is 0 Å². The maximum absolute atomic E-state index is 3.76. The van der Waals surface area contributed by atoms with Crippen molar-refractivity contribution in [2.75, 3.05) is 26.2 Å². The van der Waals surface area contributed by atoms with Crippen LogP contribution in [-0.4, -0.2) is 37.1 Å². The fourth-order valence-corrected chi connectivity index (χ4v) is 3.21. The quantitative estimate of drug-likeness (QED) is 0.638. The van der Waals surface area contributed by atoms with Crippen molar-refractivity contribution in [1.29, 1.82) is 0 Å².